The van der Waals surface area contributed by atoms with Crippen LogP contribution in [0.1, 0.15) is 38.7 Å². The lowest BCUT2D eigenvalue weighted by molar-refractivity contribution is 0.470. The van der Waals surface area contributed by atoms with Crippen molar-refractivity contribution in [2.45, 2.75) is 45.6 Å². The van der Waals surface area contributed by atoms with E-state index in [1.54, 1.807) is 0 Å². The summed E-state index contributed by atoms with van der Waals surface area (Å²) < 4.78 is 0. The Labute approximate surface area is 85.8 Å². The molecule has 78 valence electrons. The molecule has 1 aromatic rings. The number of hydrogen-bond donors (Lipinski definition) is 1. The summed E-state index contributed by atoms with van der Waals surface area (Å²) in [4.78, 5) is 8.65. The molecule has 0 aliphatic carbocycles. The molecule has 0 saturated heterocycles. The fraction of sp³-hybridized carbons (Fsp3) is 0.636. The van der Waals surface area contributed by atoms with Gasteiger partial charge in [-0.1, -0.05) is 6.92 Å². The van der Waals surface area contributed by atoms with Gasteiger partial charge in [0, 0.05) is 23.9 Å². The Bertz CT molecular complexity index is 289. The van der Waals surface area contributed by atoms with Crippen molar-refractivity contribution in [3.8, 4) is 0 Å². The summed E-state index contributed by atoms with van der Waals surface area (Å²) in [6, 6.07) is 1.96. The van der Waals surface area contributed by atoms with Gasteiger partial charge in [-0.3, -0.25) is 0 Å². The molecule has 0 unspecified atom stereocenters. The highest BCUT2D eigenvalue weighted by Gasteiger charge is 2.11. The number of aromatic nitrogens is 2. The zero-order chi connectivity index (χ0) is 10.6. The van der Waals surface area contributed by atoms with Crippen LogP contribution in [0.25, 0.3) is 0 Å². The van der Waals surface area contributed by atoms with E-state index in [9.17, 15) is 0 Å². The monoisotopic (exact) mass is 193 g/mol. The quantitative estimate of drug-likeness (QED) is 0.792. The summed E-state index contributed by atoms with van der Waals surface area (Å²) >= 11 is 0. The molecule has 1 aromatic heterocycles. The maximum Gasteiger partial charge on any atom is 0.128 e. The van der Waals surface area contributed by atoms with Gasteiger partial charge in [0.15, 0.2) is 0 Å². The van der Waals surface area contributed by atoms with Gasteiger partial charge in [-0.15, -0.1) is 0 Å². The van der Waals surface area contributed by atoms with Crippen LogP contribution in [-0.2, 0) is 12.8 Å². The highest BCUT2D eigenvalue weighted by atomic mass is 14.9. The summed E-state index contributed by atoms with van der Waals surface area (Å²) in [5.41, 5.74) is 6.87. The fourth-order valence-electron chi connectivity index (χ4n) is 1.19. The molecule has 0 saturated carbocycles. The van der Waals surface area contributed by atoms with Crippen molar-refractivity contribution in [1.82, 2.24) is 9.97 Å². The Morgan fingerprint density at radius 2 is 2.14 bits per heavy atom. The molecule has 1 rings (SSSR count). The molecule has 0 spiro atoms. The largest absolute Gasteiger partial charge is 0.326 e. The van der Waals surface area contributed by atoms with E-state index in [0.29, 0.717) is 0 Å². The maximum atomic E-state index is 5.90. The molecule has 1 heterocycles. The van der Waals surface area contributed by atoms with E-state index in [0.717, 1.165) is 30.8 Å². The van der Waals surface area contributed by atoms with Gasteiger partial charge in [0.2, 0.25) is 0 Å². The van der Waals surface area contributed by atoms with Crippen molar-refractivity contribution in [3.63, 3.8) is 0 Å². The SMILES string of the molecule is CCc1ccnc(CCC(C)(C)N)n1. The van der Waals surface area contributed by atoms with Crippen LogP contribution in [0, 0.1) is 0 Å². The van der Waals surface area contributed by atoms with Crippen molar-refractivity contribution < 1.29 is 0 Å². The van der Waals surface area contributed by atoms with Crippen LogP contribution in [0.3, 0.4) is 0 Å². The average molecular weight is 193 g/mol. The van der Waals surface area contributed by atoms with Crippen molar-refractivity contribution in [2.75, 3.05) is 0 Å². The minimum absolute atomic E-state index is 0.133. The molecule has 3 heteroatoms. The third-order valence-corrected chi connectivity index (χ3v) is 2.12. The first-order valence-corrected chi connectivity index (χ1v) is 5.11. The second-order valence-corrected chi connectivity index (χ2v) is 4.31. The standard InChI is InChI=1S/C11H19N3/c1-4-9-6-8-13-10(14-9)5-7-11(2,3)12/h6,8H,4-5,7,12H2,1-3H3. The van der Waals surface area contributed by atoms with Crippen LogP contribution in [0.15, 0.2) is 12.3 Å². The highest BCUT2D eigenvalue weighted by Crippen LogP contribution is 2.08. The Balaban J connectivity index is 2.59. The van der Waals surface area contributed by atoms with E-state index >= 15 is 0 Å². The van der Waals surface area contributed by atoms with E-state index in [2.05, 4.69) is 16.9 Å². The molecule has 14 heavy (non-hydrogen) atoms. The second kappa shape index (κ2) is 4.51. The maximum absolute atomic E-state index is 5.90. The molecule has 0 fully saturated rings. The van der Waals surface area contributed by atoms with Crippen molar-refractivity contribution in [3.05, 3.63) is 23.8 Å². The van der Waals surface area contributed by atoms with Gasteiger partial charge in [-0.2, -0.15) is 0 Å². The van der Waals surface area contributed by atoms with E-state index in [-0.39, 0.29) is 5.54 Å². The summed E-state index contributed by atoms with van der Waals surface area (Å²) in [5.74, 6) is 0.905. The summed E-state index contributed by atoms with van der Waals surface area (Å²) in [6.07, 6.45) is 4.56. The van der Waals surface area contributed by atoms with Crippen LogP contribution in [0.5, 0.6) is 0 Å². The molecule has 0 radical (unpaired) electrons. The van der Waals surface area contributed by atoms with Gasteiger partial charge in [-0.05, 0) is 32.8 Å². The smallest absolute Gasteiger partial charge is 0.128 e. The first-order valence-electron chi connectivity index (χ1n) is 5.11. The number of nitrogens with two attached hydrogens (primary N) is 1. The number of rotatable bonds is 4. The first-order chi connectivity index (χ1) is 6.51. The first kappa shape index (κ1) is 11.1. The minimum Gasteiger partial charge on any atom is -0.326 e. The van der Waals surface area contributed by atoms with Crippen molar-refractivity contribution in [1.29, 1.82) is 0 Å². The van der Waals surface area contributed by atoms with Crippen LogP contribution in [0.2, 0.25) is 0 Å². The normalized spacial score (nSPS) is 11.7. The zero-order valence-electron chi connectivity index (χ0n) is 9.25. The van der Waals surface area contributed by atoms with Crippen LogP contribution in [-0.4, -0.2) is 15.5 Å². The Kier molecular flexibility index (Phi) is 3.58. The highest BCUT2D eigenvalue weighted by molar-refractivity contribution is 5.02. The van der Waals surface area contributed by atoms with Gasteiger partial charge >= 0.3 is 0 Å². The molecule has 3 nitrogen and oxygen atoms in total. The van der Waals surface area contributed by atoms with E-state index in [4.69, 9.17) is 5.73 Å². The van der Waals surface area contributed by atoms with Crippen LogP contribution in [0.4, 0.5) is 0 Å². The lowest BCUT2D eigenvalue weighted by Gasteiger charge is -2.17. The van der Waals surface area contributed by atoms with Gasteiger partial charge in [0.1, 0.15) is 5.82 Å². The van der Waals surface area contributed by atoms with Gasteiger partial charge in [-0.25, -0.2) is 9.97 Å². The van der Waals surface area contributed by atoms with Gasteiger partial charge in [0.05, 0.1) is 0 Å². The van der Waals surface area contributed by atoms with Crippen LogP contribution < -0.4 is 5.73 Å². The summed E-state index contributed by atoms with van der Waals surface area (Å²) in [7, 11) is 0. The predicted octanol–water partition coefficient (Wildman–Crippen LogP) is 1.71. The average Bonchev–Trinajstić information content (AvgIpc) is 2.14. The Morgan fingerprint density at radius 3 is 2.71 bits per heavy atom. The molecular formula is C11H19N3. The van der Waals surface area contributed by atoms with Gasteiger partial charge < -0.3 is 5.73 Å². The van der Waals surface area contributed by atoms with E-state index in [1.807, 2.05) is 26.1 Å². The second-order valence-electron chi connectivity index (χ2n) is 4.31. The fourth-order valence-corrected chi connectivity index (χ4v) is 1.19. The van der Waals surface area contributed by atoms with E-state index < -0.39 is 0 Å². The number of aryl methyl sites for hydroxylation is 2. The zero-order valence-corrected chi connectivity index (χ0v) is 9.25. The van der Waals surface area contributed by atoms with Gasteiger partial charge in [0.25, 0.3) is 0 Å². The lowest BCUT2D eigenvalue weighted by atomic mass is 10.00. The van der Waals surface area contributed by atoms with Crippen molar-refractivity contribution in [2.24, 2.45) is 5.73 Å². The lowest BCUT2D eigenvalue weighted by Crippen LogP contribution is -2.32. The molecule has 2 N–H and O–H groups in total. The topological polar surface area (TPSA) is 51.8 Å². The van der Waals surface area contributed by atoms with E-state index in [1.165, 1.54) is 0 Å². The van der Waals surface area contributed by atoms with Crippen LogP contribution >= 0.6 is 0 Å². The Morgan fingerprint density at radius 1 is 1.43 bits per heavy atom. The molecule has 0 aliphatic heterocycles. The third-order valence-electron chi connectivity index (χ3n) is 2.12. The molecule has 0 bridgehead atoms. The van der Waals surface area contributed by atoms with Crippen molar-refractivity contribution >= 4 is 0 Å². The predicted molar refractivity (Wildman–Crippen MR) is 58.0 cm³/mol. The number of nitrogens with zero attached hydrogens (tertiary/aromatic N) is 2. The number of hydrogen-bond acceptors (Lipinski definition) is 3. The Hall–Kier alpha value is -0.960. The summed E-state index contributed by atoms with van der Waals surface area (Å²) in [5, 5.41) is 0. The molecule has 0 aliphatic rings. The summed E-state index contributed by atoms with van der Waals surface area (Å²) in [6.45, 7) is 6.15. The molecule has 0 amide bonds. The molecular weight excluding hydrogens is 174 g/mol. The third kappa shape index (κ3) is 3.83. The molecule has 0 aromatic carbocycles. The molecule has 0 atom stereocenters. The minimum atomic E-state index is -0.133.